The van der Waals surface area contributed by atoms with Crippen LogP contribution in [0.4, 0.5) is 0 Å². The monoisotopic (exact) mass is 516 g/mol. The van der Waals surface area contributed by atoms with Crippen LogP contribution in [0.2, 0.25) is 0 Å². The summed E-state index contributed by atoms with van der Waals surface area (Å²) in [5.41, 5.74) is 3.02. The van der Waals surface area contributed by atoms with E-state index in [0.29, 0.717) is 18.1 Å². The summed E-state index contributed by atoms with van der Waals surface area (Å²) in [6.45, 7) is 0. The highest BCUT2D eigenvalue weighted by Gasteiger charge is 2.38. The third-order valence-corrected chi connectivity index (χ3v) is 9.39. The van der Waals surface area contributed by atoms with Gasteiger partial charge in [-0.3, -0.25) is 14.2 Å². The molecule has 1 saturated carbocycles. The van der Waals surface area contributed by atoms with Crippen LogP contribution in [0, 0.1) is 0 Å². The zero-order valence-electron chi connectivity index (χ0n) is 19.4. The number of hydrogen-bond donors (Lipinski definition) is 1. The van der Waals surface area contributed by atoms with Gasteiger partial charge < -0.3 is 0 Å². The second-order valence-electron chi connectivity index (χ2n) is 9.30. The molecule has 1 N–H and O–H groups in total. The van der Waals surface area contributed by atoms with Crippen molar-refractivity contribution in [2.75, 3.05) is 5.75 Å². The van der Waals surface area contributed by atoms with Crippen molar-refractivity contribution in [2.45, 2.75) is 41.1 Å². The predicted octanol–water partition coefficient (Wildman–Crippen LogP) is 4.62. The Morgan fingerprint density at radius 2 is 1.67 bits per heavy atom. The number of carbonyl (C=O) groups excluding carboxylic acids is 1. The van der Waals surface area contributed by atoms with Crippen LogP contribution in [0.3, 0.4) is 0 Å². The van der Waals surface area contributed by atoms with Gasteiger partial charge in [0.25, 0.3) is 21.5 Å². The number of pyridine rings is 1. The minimum Gasteiger partial charge on any atom is -0.289 e. The number of nitrogens with zero attached hydrogens (tertiary/aromatic N) is 1. The molecule has 0 saturated heterocycles. The number of rotatable bonds is 6. The van der Waals surface area contributed by atoms with Crippen LogP contribution in [-0.2, 0) is 21.2 Å². The summed E-state index contributed by atoms with van der Waals surface area (Å²) in [6, 6.07) is 23.0. The first-order chi connectivity index (χ1) is 17.4. The van der Waals surface area contributed by atoms with Crippen LogP contribution in [0.15, 0.2) is 93.6 Å². The number of fused-ring (bicyclic) bond motifs is 2. The zero-order chi connectivity index (χ0) is 24.9. The molecule has 1 amide bonds. The van der Waals surface area contributed by atoms with E-state index in [2.05, 4.69) is 29.0 Å². The number of nitrogens with one attached hydrogen (secondary N) is 1. The maximum Gasteiger partial charge on any atom is 0.264 e. The molecular weight excluding hydrogens is 492 g/mol. The van der Waals surface area contributed by atoms with Gasteiger partial charge in [-0.05, 0) is 64.8 Å². The molecule has 0 spiro atoms. The molecule has 1 unspecified atom stereocenters. The first-order valence-electron chi connectivity index (χ1n) is 11.9. The molecule has 1 aliphatic carbocycles. The van der Waals surface area contributed by atoms with Crippen molar-refractivity contribution in [3.8, 4) is 0 Å². The minimum absolute atomic E-state index is 0.0145. The van der Waals surface area contributed by atoms with Gasteiger partial charge >= 0.3 is 0 Å². The number of thioether (sulfide) groups is 1. The summed E-state index contributed by atoms with van der Waals surface area (Å²) in [5, 5.41) is 3.13. The lowest BCUT2D eigenvalue weighted by Gasteiger charge is -2.18. The van der Waals surface area contributed by atoms with Crippen molar-refractivity contribution in [1.29, 1.82) is 0 Å². The third kappa shape index (κ3) is 4.14. The molecule has 3 aromatic carbocycles. The first kappa shape index (κ1) is 23.1. The zero-order valence-corrected chi connectivity index (χ0v) is 21.0. The molecule has 6 rings (SSSR count). The number of amides is 1. The van der Waals surface area contributed by atoms with Crippen LogP contribution in [-0.4, -0.2) is 24.6 Å². The van der Waals surface area contributed by atoms with E-state index in [9.17, 15) is 18.0 Å². The van der Waals surface area contributed by atoms with E-state index in [1.165, 1.54) is 33.8 Å². The van der Waals surface area contributed by atoms with Crippen molar-refractivity contribution < 1.29 is 13.2 Å². The predicted molar refractivity (Wildman–Crippen MR) is 141 cm³/mol. The molecule has 36 heavy (non-hydrogen) atoms. The number of hydrogen-bond acceptors (Lipinski definition) is 5. The molecule has 4 aromatic rings. The molecule has 1 fully saturated rings. The van der Waals surface area contributed by atoms with Crippen LogP contribution in [0.5, 0.6) is 0 Å². The molecule has 1 aliphatic heterocycles. The quantitative estimate of drug-likeness (QED) is 0.404. The van der Waals surface area contributed by atoms with Crippen molar-refractivity contribution in [3.63, 3.8) is 0 Å². The Hall–Kier alpha value is -3.36. The second-order valence-corrected chi connectivity index (χ2v) is 12.0. The van der Waals surface area contributed by atoms with Crippen LogP contribution in [0.25, 0.3) is 10.8 Å². The maximum absolute atomic E-state index is 13.4. The summed E-state index contributed by atoms with van der Waals surface area (Å²) >= 11 is 1.47. The molecule has 182 valence electrons. The normalized spacial score (nSPS) is 17.2. The van der Waals surface area contributed by atoms with Gasteiger partial charge in [0.1, 0.15) is 6.04 Å². The third-order valence-electron chi connectivity index (χ3n) is 6.86. The second kappa shape index (κ2) is 8.94. The van der Waals surface area contributed by atoms with Gasteiger partial charge in [0, 0.05) is 11.8 Å². The van der Waals surface area contributed by atoms with E-state index >= 15 is 0 Å². The van der Waals surface area contributed by atoms with Gasteiger partial charge in [0.2, 0.25) is 0 Å². The van der Waals surface area contributed by atoms with Crippen molar-refractivity contribution in [2.24, 2.45) is 0 Å². The molecule has 0 radical (unpaired) electrons. The fourth-order valence-electron chi connectivity index (χ4n) is 5.00. The standard InChI is InChI=1S/C28H24N2O4S2/c31-25-16-21(15-20-9-6-8-18-7-4-5-12-23(18)20)26(19-13-14-19)28-30(25)24(17-35-28)27(32)29-36(33,34)22-10-2-1-3-11-22/h1-12,16,19,24H,13-15,17H2,(H,29,32). The minimum atomic E-state index is -4.02. The number of aromatic nitrogens is 1. The van der Waals surface area contributed by atoms with E-state index in [4.69, 9.17) is 0 Å². The molecule has 8 heteroatoms. The molecule has 2 heterocycles. The van der Waals surface area contributed by atoms with Crippen LogP contribution in [0.1, 0.15) is 41.5 Å². The van der Waals surface area contributed by atoms with Gasteiger partial charge in [-0.25, -0.2) is 13.1 Å². The summed E-state index contributed by atoms with van der Waals surface area (Å²) in [6.07, 6.45) is 2.73. The lowest BCUT2D eigenvalue weighted by Crippen LogP contribution is -2.39. The van der Waals surface area contributed by atoms with E-state index in [1.54, 1.807) is 24.3 Å². The van der Waals surface area contributed by atoms with Crippen LogP contribution >= 0.6 is 11.8 Å². The molecule has 1 aromatic heterocycles. The number of benzene rings is 3. The smallest absolute Gasteiger partial charge is 0.264 e. The Kier molecular flexibility index (Phi) is 5.73. The van der Waals surface area contributed by atoms with Gasteiger partial charge in [-0.2, -0.15) is 0 Å². The van der Waals surface area contributed by atoms with Gasteiger partial charge in [-0.15, -0.1) is 11.8 Å². The van der Waals surface area contributed by atoms with Gasteiger partial charge in [0.15, 0.2) is 0 Å². The SMILES string of the molecule is O=C(NS(=O)(=O)c1ccccc1)C1CSc2c(C3CC3)c(Cc3cccc4ccccc34)cc(=O)n21. The van der Waals surface area contributed by atoms with E-state index in [0.717, 1.165) is 39.9 Å². The fraction of sp³-hybridized carbons (Fsp3) is 0.214. The molecule has 0 bridgehead atoms. The summed E-state index contributed by atoms with van der Waals surface area (Å²) < 4.78 is 29.1. The Morgan fingerprint density at radius 1 is 0.944 bits per heavy atom. The molecule has 6 nitrogen and oxygen atoms in total. The average molecular weight is 517 g/mol. The summed E-state index contributed by atoms with van der Waals surface area (Å²) in [7, 11) is -4.02. The average Bonchev–Trinajstić information content (AvgIpc) is 3.61. The highest BCUT2D eigenvalue weighted by atomic mass is 32.2. The van der Waals surface area contributed by atoms with Crippen LogP contribution < -0.4 is 10.3 Å². The highest BCUT2D eigenvalue weighted by molar-refractivity contribution is 7.99. The maximum atomic E-state index is 13.4. The van der Waals surface area contributed by atoms with Crippen molar-refractivity contribution >= 4 is 38.5 Å². The molecule has 2 aliphatic rings. The number of sulfonamides is 1. The lowest BCUT2D eigenvalue weighted by molar-refractivity contribution is -0.122. The van der Waals surface area contributed by atoms with E-state index < -0.39 is 22.0 Å². The summed E-state index contributed by atoms with van der Waals surface area (Å²) in [4.78, 5) is 26.5. The highest BCUT2D eigenvalue weighted by Crippen LogP contribution is 2.48. The fourth-order valence-corrected chi connectivity index (χ4v) is 7.46. The topological polar surface area (TPSA) is 85.2 Å². The van der Waals surface area contributed by atoms with Gasteiger partial charge in [0.05, 0.1) is 9.92 Å². The molecule has 1 atom stereocenters. The van der Waals surface area contributed by atoms with E-state index in [-0.39, 0.29) is 10.5 Å². The van der Waals surface area contributed by atoms with E-state index in [1.807, 2.05) is 18.2 Å². The first-order valence-corrected chi connectivity index (χ1v) is 14.4. The molecular formula is C28H24N2O4S2. The van der Waals surface area contributed by atoms with Crippen molar-refractivity contribution in [3.05, 3.63) is 106 Å². The Bertz CT molecular complexity index is 1650. The van der Waals surface area contributed by atoms with Crippen molar-refractivity contribution in [1.82, 2.24) is 9.29 Å². The van der Waals surface area contributed by atoms with Gasteiger partial charge in [-0.1, -0.05) is 60.7 Å². The Morgan fingerprint density at radius 3 is 2.44 bits per heavy atom. The summed E-state index contributed by atoms with van der Waals surface area (Å²) in [5.74, 6) is -0.00188. The Labute approximate surface area is 213 Å². The largest absolute Gasteiger partial charge is 0.289 e. The Balaban J connectivity index is 1.36. The number of carbonyl (C=O) groups is 1. The lowest BCUT2D eigenvalue weighted by atomic mass is 9.95.